The smallest absolute Gasteiger partial charge is 0.269 e. The van der Waals surface area contributed by atoms with Crippen molar-refractivity contribution in [1.29, 1.82) is 0 Å². The molecule has 1 amide bonds. The van der Waals surface area contributed by atoms with E-state index in [9.17, 15) is 14.9 Å². The lowest BCUT2D eigenvalue weighted by molar-refractivity contribution is -0.384. The van der Waals surface area contributed by atoms with Crippen molar-refractivity contribution in [2.24, 2.45) is 0 Å². The van der Waals surface area contributed by atoms with Gasteiger partial charge in [0, 0.05) is 28.5 Å². The number of hydrogen-bond donors (Lipinski definition) is 2. The van der Waals surface area contributed by atoms with Gasteiger partial charge in [-0.25, -0.2) is 0 Å². The minimum absolute atomic E-state index is 0.0246. The summed E-state index contributed by atoms with van der Waals surface area (Å²) in [7, 11) is 0. The number of nitro benzene ring substituents is 1. The van der Waals surface area contributed by atoms with Gasteiger partial charge in [0.25, 0.3) is 5.69 Å². The van der Waals surface area contributed by atoms with Crippen molar-refractivity contribution in [3.63, 3.8) is 0 Å². The van der Waals surface area contributed by atoms with Crippen molar-refractivity contribution >= 4 is 34.6 Å². The lowest BCUT2D eigenvalue weighted by Gasteiger charge is -2.16. The lowest BCUT2D eigenvalue weighted by Crippen LogP contribution is -2.31. The summed E-state index contributed by atoms with van der Waals surface area (Å²) < 4.78 is 0. The summed E-state index contributed by atoms with van der Waals surface area (Å²) in [6.45, 7) is 3.62. The van der Waals surface area contributed by atoms with Gasteiger partial charge >= 0.3 is 0 Å². The average Bonchev–Trinajstić information content (AvgIpc) is 2.51. The molecule has 0 saturated carbocycles. The third-order valence-corrected chi connectivity index (χ3v) is 3.70. The van der Waals surface area contributed by atoms with Gasteiger partial charge in [0.2, 0.25) is 5.91 Å². The number of nitrogens with one attached hydrogen (secondary N) is 2. The molecule has 0 fully saturated rings. The van der Waals surface area contributed by atoms with Gasteiger partial charge in [-0.15, -0.1) is 0 Å². The molecule has 2 aromatic rings. The zero-order valence-corrected chi connectivity index (χ0v) is 13.4. The molecule has 0 bridgehead atoms. The van der Waals surface area contributed by atoms with Crippen LogP contribution in [0.3, 0.4) is 0 Å². The molecule has 0 aliphatic carbocycles. The molecule has 0 saturated heterocycles. The number of nitro groups is 1. The maximum atomic E-state index is 12.1. The molecular formula is C16H16ClN3O3. The SMILES string of the molecule is Cc1ccc(N[C@H](C)C(=O)Nc2ccc([N+](=O)[O-])cc2)cc1Cl. The summed E-state index contributed by atoms with van der Waals surface area (Å²) in [5.74, 6) is -0.254. The molecule has 0 spiro atoms. The fourth-order valence-electron chi connectivity index (χ4n) is 1.92. The predicted octanol–water partition coefficient (Wildman–Crippen LogP) is 4.00. The van der Waals surface area contributed by atoms with E-state index in [1.807, 2.05) is 19.1 Å². The molecule has 1 atom stereocenters. The summed E-state index contributed by atoms with van der Waals surface area (Å²) in [4.78, 5) is 22.3. The molecule has 0 aliphatic heterocycles. The second-order valence-corrected chi connectivity index (χ2v) is 5.53. The van der Waals surface area contributed by atoms with Gasteiger partial charge < -0.3 is 10.6 Å². The Morgan fingerprint density at radius 1 is 1.17 bits per heavy atom. The molecule has 2 rings (SSSR count). The van der Waals surface area contributed by atoms with Crippen LogP contribution in [0, 0.1) is 17.0 Å². The Hall–Kier alpha value is -2.60. The van der Waals surface area contributed by atoms with Gasteiger partial charge in [-0.2, -0.15) is 0 Å². The molecule has 0 radical (unpaired) electrons. The first kappa shape index (κ1) is 16.8. The molecule has 2 N–H and O–H groups in total. The van der Waals surface area contributed by atoms with Crippen molar-refractivity contribution < 1.29 is 9.72 Å². The van der Waals surface area contributed by atoms with E-state index in [2.05, 4.69) is 10.6 Å². The first-order chi connectivity index (χ1) is 10.9. The van der Waals surface area contributed by atoms with E-state index in [1.54, 1.807) is 13.0 Å². The molecule has 120 valence electrons. The normalized spacial score (nSPS) is 11.6. The molecule has 0 aromatic heterocycles. The van der Waals surface area contributed by atoms with Gasteiger partial charge in [-0.3, -0.25) is 14.9 Å². The van der Waals surface area contributed by atoms with Gasteiger partial charge in [-0.05, 0) is 43.7 Å². The number of nitrogens with zero attached hydrogens (tertiary/aromatic N) is 1. The summed E-state index contributed by atoms with van der Waals surface area (Å²) in [6.07, 6.45) is 0. The molecular weight excluding hydrogens is 318 g/mol. The van der Waals surface area contributed by atoms with E-state index in [1.165, 1.54) is 24.3 Å². The number of non-ortho nitro benzene ring substituents is 1. The predicted molar refractivity (Wildman–Crippen MR) is 91.0 cm³/mol. The Labute approximate surface area is 138 Å². The summed E-state index contributed by atoms with van der Waals surface area (Å²) >= 11 is 6.05. The number of hydrogen-bond acceptors (Lipinski definition) is 4. The van der Waals surface area contributed by atoms with Crippen LogP contribution in [0.1, 0.15) is 12.5 Å². The standard InChI is InChI=1S/C16H16ClN3O3/c1-10-3-4-13(9-15(10)17)18-11(2)16(21)19-12-5-7-14(8-6-12)20(22)23/h3-9,11,18H,1-2H3,(H,19,21)/t11-/m1/s1. The van der Waals surface area contributed by atoms with Crippen molar-refractivity contribution in [3.8, 4) is 0 Å². The summed E-state index contributed by atoms with van der Waals surface area (Å²) in [5.41, 5.74) is 2.17. The fourth-order valence-corrected chi connectivity index (χ4v) is 2.10. The summed E-state index contributed by atoms with van der Waals surface area (Å²) in [5, 5.41) is 17.0. The molecule has 7 heteroatoms. The maximum Gasteiger partial charge on any atom is 0.269 e. The molecule has 23 heavy (non-hydrogen) atoms. The van der Waals surface area contributed by atoms with Crippen molar-refractivity contribution in [1.82, 2.24) is 0 Å². The highest BCUT2D eigenvalue weighted by molar-refractivity contribution is 6.31. The molecule has 0 aliphatic rings. The Morgan fingerprint density at radius 2 is 1.78 bits per heavy atom. The van der Waals surface area contributed by atoms with Gasteiger partial charge in [-0.1, -0.05) is 17.7 Å². The minimum Gasteiger partial charge on any atom is -0.374 e. The second-order valence-electron chi connectivity index (χ2n) is 5.12. The third kappa shape index (κ3) is 4.43. The van der Waals surface area contributed by atoms with Crippen LogP contribution >= 0.6 is 11.6 Å². The van der Waals surface area contributed by atoms with E-state index in [4.69, 9.17) is 11.6 Å². The van der Waals surface area contributed by atoms with Crippen LogP contribution in [0.4, 0.5) is 17.1 Å². The summed E-state index contributed by atoms with van der Waals surface area (Å²) in [6, 6.07) is 10.6. The van der Waals surface area contributed by atoms with Gasteiger partial charge in [0.1, 0.15) is 6.04 Å². The average molecular weight is 334 g/mol. The number of halogens is 1. The Bertz CT molecular complexity index is 732. The van der Waals surface area contributed by atoms with Gasteiger partial charge in [0.05, 0.1) is 4.92 Å². The van der Waals surface area contributed by atoms with Crippen molar-refractivity contribution in [2.75, 3.05) is 10.6 Å². The van der Waals surface area contributed by atoms with Gasteiger partial charge in [0.15, 0.2) is 0 Å². The van der Waals surface area contributed by atoms with E-state index < -0.39 is 11.0 Å². The molecule has 0 unspecified atom stereocenters. The second kappa shape index (κ2) is 7.11. The highest BCUT2D eigenvalue weighted by Crippen LogP contribution is 2.21. The molecule has 6 nitrogen and oxygen atoms in total. The van der Waals surface area contributed by atoms with Crippen LogP contribution in [0.2, 0.25) is 5.02 Å². The topological polar surface area (TPSA) is 84.3 Å². The first-order valence-electron chi connectivity index (χ1n) is 6.95. The monoisotopic (exact) mass is 333 g/mol. The number of benzene rings is 2. The number of carbonyl (C=O) groups is 1. The number of carbonyl (C=O) groups excluding carboxylic acids is 1. The van der Waals surface area contributed by atoms with Crippen molar-refractivity contribution in [3.05, 3.63) is 63.2 Å². The van der Waals surface area contributed by atoms with Crippen molar-refractivity contribution in [2.45, 2.75) is 19.9 Å². The highest BCUT2D eigenvalue weighted by atomic mass is 35.5. The third-order valence-electron chi connectivity index (χ3n) is 3.29. The number of anilines is 2. The Balaban J connectivity index is 1.99. The zero-order chi connectivity index (χ0) is 17.0. The largest absolute Gasteiger partial charge is 0.374 e. The molecule has 0 heterocycles. The van der Waals surface area contributed by atoms with Crippen LogP contribution in [0.25, 0.3) is 0 Å². The Kier molecular flexibility index (Phi) is 5.18. The van der Waals surface area contributed by atoms with E-state index in [-0.39, 0.29) is 11.6 Å². The van der Waals surface area contributed by atoms with E-state index in [0.717, 1.165) is 11.3 Å². The Morgan fingerprint density at radius 3 is 2.35 bits per heavy atom. The fraction of sp³-hybridized carbons (Fsp3) is 0.188. The number of aryl methyl sites for hydroxylation is 1. The minimum atomic E-state index is -0.496. The van der Waals surface area contributed by atoms with Crippen LogP contribution in [0.15, 0.2) is 42.5 Å². The zero-order valence-electron chi connectivity index (χ0n) is 12.7. The highest BCUT2D eigenvalue weighted by Gasteiger charge is 2.14. The first-order valence-corrected chi connectivity index (χ1v) is 7.32. The van der Waals surface area contributed by atoms with E-state index >= 15 is 0 Å². The molecule has 2 aromatic carbocycles. The van der Waals surface area contributed by atoms with Crippen LogP contribution < -0.4 is 10.6 Å². The lowest BCUT2D eigenvalue weighted by atomic mass is 10.2. The number of rotatable bonds is 5. The van der Waals surface area contributed by atoms with E-state index in [0.29, 0.717) is 10.7 Å². The van der Waals surface area contributed by atoms with Crippen LogP contribution in [0.5, 0.6) is 0 Å². The maximum absolute atomic E-state index is 12.1. The van der Waals surface area contributed by atoms with Crippen LogP contribution in [-0.4, -0.2) is 16.9 Å². The quantitative estimate of drug-likeness (QED) is 0.640. The number of amides is 1. The van der Waals surface area contributed by atoms with Crippen LogP contribution in [-0.2, 0) is 4.79 Å².